The van der Waals surface area contributed by atoms with E-state index in [1.165, 1.54) is 77.0 Å². The van der Waals surface area contributed by atoms with Gasteiger partial charge in [-0.05, 0) is 83.5 Å². The molecule has 0 aliphatic carbocycles. The van der Waals surface area contributed by atoms with Crippen LogP contribution in [0.15, 0.2) is 72.9 Å². The molecule has 0 aromatic carbocycles. The molecule has 0 spiro atoms. The van der Waals surface area contributed by atoms with E-state index in [4.69, 9.17) is 13.8 Å². The highest BCUT2D eigenvalue weighted by Gasteiger charge is 2.28. The van der Waals surface area contributed by atoms with Crippen molar-refractivity contribution in [3.8, 4) is 0 Å². The van der Waals surface area contributed by atoms with E-state index < -0.39 is 57.6 Å². The number of aliphatic hydroxyl groups is 1. The lowest BCUT2D eigenvalue weighted by Crippen LogP contribution is -2.43. The topological polar surface area (TPSA) is 169 Å². The number of rotatable bonds is 44. The number of aliphatic carboxylic acids is 1. The van der Waals surface area contributed by atoms with Crippen LogP contribution in [0.5, 0.6) is 0 Å². The Kier molecular flexibility index (Phi) is 42.3. The van der Waals surface area contributed by atoms with Crippen LogP contribution in [0.3, 0.4) is 0 Å². The molecule has 3 atom stereocenters. The second-order valence-corrected chi connectivity index (χ2v) is 17.4. The Hall–Kier alpha value is -3.08. The lowest BCUT2D eigenvalue weighted by atomic mass is 10.1. The molecule has 62 heavy (non-hydrogen) atoms. The summed E-state index contributed by atoms with van der Waals surface area (Å²) in [5, 5.41) is 21.9. The van der Waals surface area contributed by atoms with Crippen LogP contribution in [0.25, 0.3) is 0 Å². The van der Waals surface area contributed by atoms with E-state index in [2.05, 4.69) is 92.1 Å². The number of phosphoric ester groups is 1. The van der Waals surface area contributed by atoms with E-state index in [-0.39, 0.29) is 12.8 Å². The number of esters is 1. The minimum atomic E-state index is -4.77. The van der Waals surface area contributed by atoms with Crippen molar-refractivity contribution in [3.05, 3.63) is 72.9 Å². The molecule has 0 aliphatic rings. The molecule has 0 bridgehead atoms. The van der Waals surface area contributed by atoms with Gasteiger partial charge < -0.3 is 25.2 Å². The summed E-state index contributed by atoms with van der Waals surface area (Å²) < 4.78 is 26.9. The first-order valence-corrected chi connectivity index (χ1v) is 25.5. The summed E-state index contributed by atoms with van der Waals surface area (Å²) in [6, 6.07) is -1.56. The summed E-state index contributed by atoms with van der Waals surface area (Å²) in [5.74, 6) is -2.41. The van der Waals surface area contributed by atoms with Gasteiger partial charge in [0.05, 0.1) is 13.2 Å². The lowest BCUT2D eigenvalue weighted by Gasteiger charge is -2.18. The molecule has 0 fully saturated rings. The lowest BCUT2D eigenvalue weighted by molar-refractivity contribution is -0.147. The minimum absolute atomic E-state index is 0.138. The van der Waals surface area contributed by atoms with Gasteiger partial charge >= 0.3 is 19.8 Å². The number of nitrogens with one attached hydrogen (secondary N) is 1. The average molecular weight is 892 g/mol. The molecule has 12 heteroatoms. The number of phosphoric acid groups is 1. The molecular formula is C50H86NO10P. The average Bonchev–Trinajstić information content (AvgIpc) is 3.25. The van der Waals surface area contributed by atoms with Crippen molar-refractivity contribution < 1.29 is 47.8 Å². The summed E-state index contributed by atoms with van der Waals surface area (Å²) in [7, 11) is -4.77. The highest BCUT2D eigenvalue weighted by Crippen LogP contribution is 2.43. The Bertz CT molecular complexity index is 1320. The highest BCUT2D eigenvalue weighted by molar-refractivity contribution is 7.47. The first-order chi connectivity index (χ1) is 30.1. The molecule has 0 saturated carbocycles. The van der Waals surface area contributed by atoms with Crippen molar-refractivity contribution in [2.24, 2.45) is 0 Å². The Morgan fingerprint density at radius 2 is 0.935 bits per heavy atom. The maximum atomic E-state index is 12.3. The van der Waals surface area contributed by atoms with Crippen molar-refractivity contribution >= 4 is 25.7 Å². The summed E-state index contributed by atoms with van der Waals surface area (Å²) in [6.07, 6.45) is 53.5. The number of unbranched alkanes of at least 4 members (excludes halogenated alkanes) is 18. The number of allylic oxidation sites excluding steroid dienone is 12. The first kappa shape index (κ1) is 58.9. The quantitative estimate of drug-likeness (QED) is 0.0200. The van der Waals surface area contributed by atoms with Gasteiger partial charge in [0.1, 0.15) is 12.7 Å². The smallest absolute Gasteiger partial charge is 0.472 e. The van der Waals surface area contributed by atoms with Gasteiger partial charge in [-0.2, -0.15) is 0 Å². The predicted molar refractivity (Wildman–Crippen MR) is 254 cm³/mol. The van der Waals surface area contributed by atoms with Crippen molar-refractivity contribution in [2.75, 3.05) is 19.8 Å². The van der Waals surface area contributed by atoms with Crippen LogP contribution in [-0.4, -0.2) is 64.9 Å². The maximum absolute atomic E-state index is 12.3. The van der Waals surface area contributed by atoms with Crippen molar-refractivity contribution in [3.63, 3.8) is 0 Å². The second-order valence-electron chi connectivity index (χ2n) is 15.9. The van der Waals surface area contributed by atoms with Crippen LogP contribution in [-0.2, 0) is 32.7 Å². The molecule has 0 heterocycles. The van der Waals surface area contributed by atoms with Crippen LogP contribution in [0.4, 0.5) is 0 Å². The fourth-order valence-electron chi connectivity index (χ4n) is 6.28. The van der Waals surface area contributed by atoms with Gasteiger partial charge in [0.15, 0.2) is 6.04 Å². The molecule has 0 saturated heterocycles. The number of carboxylic acids is 1. The Morgan fingerprint density at radius 3 is 1.44 bits per heavy atom. The number of amides is 1. The molecule has 0 aromatic heterocycles. The Balaban J connectivity index is 3.92. The minimum Gasteiger partial charge on any atom is -0.480 e. The molecule has 0 rings (SSSR count). The number of ether oxygens (including phenoxy) is 1. The third kappa shape index (κ3) is 43.6. The van der Waals surface area contributed by atoms with Crippen LogP contribution in [0.2, 0.25) is 0 Å². The largest absolute Gasteiger partial charge is 0.480 e. The van der Waals surface area contributed by atoms with Gasteiger partial charge in [0.25, 0.3) is 0 Å². The van der Waals surface area contributed by atoms with Gasteiger partial charge in [-0.1, -0.05) is 170 Å². The van der Waals surface area contributed by atoms with E-state index in [9.17, 15) is 34.1 Å². The van der Waals surface area contributed by atoms with Gasteiger partial charge in [-0.15, -0.1) is 0 Å². The number of hydrogen-bond donors (Lipinski definition) is 4. The normalized spacial score (nSPS) is 14.3. The van der Waals surface area contributed by atoms with Crippen LogP contribution in [0, 0.1) is 0 Å². The van der Waals surface area contributed by atoms with Crippen LogP contribution >= 0.6 is 7.82 Å². The van der Waals surface area contributed by atoms with E-state index in [1.54, 1.807) is 0 Å². The fraction of sp³-hybridized carbons (Fsp3) is 0.700. The monoisotopic (exact) mass is 892 g/mol. The van der Waals surface area contributed by atoms with Gasteiger partial charge in [-0.25, -0.2) is 9.36 Å². The summed E-state index contributed by atoms with van der Waals surface area (Å²) in [4.78, 5) is 46.0. The zero-order valence-corrected chi connectivity index (χ0v) is 39.5. The zero-order chi connectivity index (χ0) is 45.6. The number of hydrogen-bond acceptors (Lipinski definition) is 8. The molecule has 0 radical (unpaired) electrons. The maximum Gasteiger partial charge on any atom is 0.472 e. The Labute approximate surface area is 376 Å². The standard InChI is InChI=1S/C50H86NO10P/c1-3-5-7-9-11-13-15-17-19-21-23-25-27-29-31-33-35-37-39-41-48(53)51-47(50(55)56)45-61-62(57,58)60-44-46(52)43-59-49(54)42-40-38-36-34-32-30-28-26-24-22-20-18-16-14-12-10-8-6-4-2/h6,8,12,14,17-20,24,26,30,32,46-47,52H,3-5,7,9-11,13,15-16,21-23,25,27-29,31,33-45H2,1-2H3,(H,51,53)(H,55,56)(H,57,58)/b8-6-,14-12-,19-17+,20-18-,26-24-,32-30-. The molecular weight excluding hydrogens is 806 g/mol. The number of carbonyl (C=O) groups excluding carboxylic acids is 2. The highest BCUT2D eigenvalue weighted by atomic mass is 31.2. The van der Waals surface area contributed by atoms with Crippen molar-refractivity contribution in [1.82, 2.24) is 5.32 Å². The molecule has 11 nitrogen and oxygen atoms in total. The van der Waals surface area contributed by atoms with Crippen LogP contribution in [0.1, 0.15) is 194 Å². The molecule has 356 valence electrons. The van der Waals surface area contributed by atoms with Crippen molar-refractivity contribution in [2.45, 2.75) is 206 Å². The predicted octanol–water partition coefficient (Wildman–Crippen LogP) is 12.9. The number of carboxylic acid groups (broad SMARTS) is 1. The molecule has 0 aromatic rings. The molecule has 0 aliphatic heterocycles. The first-order valence-electron chi connectivity index (χ1n) is 24.0. The molecule has 4 N–H and O–H groups in total. The van der Waals surface area contributed by atoms with E-state index in [0.29, 0.717) is 12.8 Å². The number of aliphatic hydroxyl groups excluding tert-OH is 1. The summed E-state index contributed by atoms with van der Waals surface area (Å²) >= 11 is 0. The summed E-state index contributed by atoms with van der Waals surface area (Å²) in [5.41, 5.74) is 0. The fourth-order valence-corrected chi connectivity index (χ4v) is 7.05. The summed E-state index contributed by atoms with van der Waals surface area (Å²) in [6.45, 7) is 2.45. The van der Waals surface area contributed by atoms with E-state index in [0.717, 1.165) is 77.0 Å². The molecule has 1 amide bonds. The van der Waals surface area contributed by atoms with Gasteiger partial charge in [0.2, 0.25) is 5.91 Å². The van der Waals surface area contributed by atoms with E-state index in [1.807, 2.05) is 0 Å². The van der Waals surface area contributed by atoms with E-state index >= 15 is 0 Å². The zero-order valence-electron chi connectivity index (χ0n) is 38.6. The van der Waals surface area contributed by atoms with Crippen LogP contribution < -0.4 is 5.32 Å². The SMILES string of the molecule is CC/C=C\C/C=C\C/C=C\C/C=C\C/C=C\CCCCCC(=O)OCC(O)COP(=O)(O)OCC(NC(=O)CCCCCCCCCCC/C=C/CCCCCCCC)C(=O)O. The third-order valence-corrected chi connectivity index (χ3v) is 10.9. The molecule has 3 unspecified atom stereocenters. The number of carbonyl (C=O) groups is 3. The van der Waals surface area contributed by atoms with Gasteiger partial charge in [-0.3, -0.25) is 18.6 Å². The van der Waals surface area contributed by atoms with Gasteiger partial charge in [0, 0.05) is 12.8 Å². The third-order valence-electron chi connectivity index (χ3n) is 9.98. The second kappa shape index (κ2) is 44.5. The van der Waals surface area contributed by atoms with Crippen molar-refractivity contribution in [1.29, 1.82) is 0 Å². The Morgan fingerprint density at radius 1 is 0.532 bits per heavy atom.